The van der Waals surface area contributed by atoms with Crippen molar-refractivity contribution in [3.63, 3.8) is 0 Å². The summed E-state index contributed by atoms with van der Waals surface area (Å²) in [6, 6.07) is 15.6. The molecule has 0 fully saturated rings. The summed E-state index contributed by atoms with van der Waals surface area (Å²) in [7, 11) is 0. The predicted molar refractivity (Wildman–Crippen MR) is 63.6 cm³/mol. The molecule has 1 aromatic carbocycles. The maximum atomic E-state index is 9.04. The van der Waals surface area contributed by atoms with Gasteiger partial charge >= 0.3 is 0 Å². The van der Waals surface area contributed by atoms with Crippen LogP contribution in [0.5, 0.6) is 5.75 Å². The van der Waals surface area contributed by atoms with E-state index in [0.717, 1.165) is 5.56 Å². The van der Waals surface area contributed by atoms with Gasteiger partial charge < -0.3 is 5.11 Å². The third-order valence-corrected chi connectivity index (χ3v) is 2.37. The van der Waals surface area contributed by atoms with Crippen molar-refractivity contribution in [1.29, 1.82) is 0 Å². The van der Waals surface area contributed by atoms with Crippen LogP contribution in [0.2, 0.25) is 0 Å². The number of phenols is 1. The minimum absolute atomic E-state index is 0.285. The molecule has 0 heterocycles. The molecule has 0 saturated heterocycles. The molecule has 15 heavy (non-hydrogen) atoms. The number of hydrogen-bond donors (Lipinski definition) is 1. The maximum Gasteiger partial charge on any atom is 0.122 e. The molecule has 1 aromatic rings. The number of phenolic OH excluding ortho intramolecular Hbond substituents is 1. The lowest BCUT2D eigenvalue weighted by Crippen LogP contribution is -1.85. The van der Waals surface area contributed by atoms with Gasteiger partial charge in [0.2, 0.25) is 0 Å². The molecular weight excluding hydrogens is 184 g/mol. The summed E-state index contributed by atoms with van der Waals surface area (Å²) in [5.41, 5.74) is 3.63. The first-order chi connectivity index (χ1) is 7.31. The fourth-order valence-electron chi connectivity index (χ4n) is 1.32. The van der Waals surface area contributed by atoms with Crippen LogP contribution in [0.3, 0.4) is 0 Å². The Labute approximate surface area is 89.3 Å². The molecule has 0 aromatic heterocycles. The Morgan fingerprint density at radius 1 is 0.867 bits per heavy atom. The second kappa shape index (κ2) is 4.01. The normalized spacial score (nSPS) is 9.87. The van der Waals surface area contributed by atoms with Crippen LogP contribution in [0, 0.1) is 0 Å². The minimum Gasteiger partial charge on any atom is -0.507 e. The minimum atomic E-state index is 0.285. The fourth-order valence-corrected chi connectivity index (χ4v) is 1.32. The quantitative estimate of drug-likeness (QED) is 0.629. The summed E-state index contributed by atoms with van der Waals surface area (Å²) in [6.07, 6.45) is 1.62. The number of para-hydroxylation sites is 1. The third-order valence-electron chi connectivity index (χ3n) is 2.37. The van der Waals surface area contributed by atoms with Crippen LogP contribution in [0.15, 0.2) is 55.1 Å². The number of fused-ring (bicyclic) bond motifs is 1. The van der Waals surface area contributed by atoms with Crippen LogP contribution in [0.4, 0.5) is 0 Å². The molecule has 74 valence electrons. The first kappa shape index (κ1) is 9.53. The lowest BCUT2D eigenvalue weighted by atomic mass is 9.95. The van der Waals surface area contributed by atoms with Crippen molar-refractivity contribution in [3.05, 3.63) is 60.7 Å². The zero-order valence-corrected chi connectivity index (χ0v) is 8.35. The van der Waals surface area contributed by atoms with Gasteiger partial charge in [-0.2, -0.15) is 0 Å². The van der Waals surface area contributed by atoms with Gasteiger partial charge in [0.25, 0.3) is 0 Å². The van der Waals surface area contributed by atoms with Gasteiger partial charge in [0.15, 0.2) is 0 Å². The fraction of sp³-hybridized carbons (Fsp3) is 0. The van der Waals surface area contributed by atoms with Crippen molar-refractivity contribution < 1.29 is 5.11 Å². The van der Waals surface area contributed by atoms with Crippen LogP contribution >= 0.6 is 0 Å². The van der Waals surface area contributed by atoms with Gasteiger partial charge in [-0.05, 0) is 17.2 Å². The summed E-state index contributed by atoms with van der Waals surface area (Å²) in [5.74, 6) is 0.285. The van der Waals surface area contributed by atoms with E-state index in [4.69, 9.17) is 5.11 Å². The molecule has 3 rings (SSSR count). The van der Waals surface area contributed by atoms with Crippen LogP contribution in [-0.2, 0) is 0 Å². The van der Waals surface area contributed by atoms with E-state index in [1.807, 2.05) is 12.1 Å². The molecule has 1 nitrogen and oxygen atoms in total. The SMILES string of the molecule is C=Cc1ccccc1O.c1cc2ccc1-2. The monoisotopic (exact) mass is 196 g/mol. The summed E-state index contributed by atoms with van der Waals surface area (Å²) >= 11 is 0. The highest BCUT2D eigenvalue weighted by atomic mass is 16.3. The average Bonchev–Trinajstić information content (AvgIpc) is 2.25. The topological polar surface area (TPSA) is 20.2 Å². The van der Waals surface area contributed by atoms with Gasteiger partial charge in [0, 0.05) is 5.56 Å². The largest absolute Gasteiger partial charge is 0.507 e. The van der Waals surface area contributed by atoms with Gasteiger partial charge in [-0.1, -0.05) is 55.1 Å². The maximum absolute atomic E-state index is 9.04. The highest BCUT2D eigenvalue weighted by molar-refractivity contribution is 5.75. The van der Waals surface area contributed by atoms with Crippen molar-refractivity contribution >= 4 is 6.08 Å². The van der Waals surface area contributed by atoms with E-state index in [1.54, 1.807) is 18.2 Å². The molecule has 0 atom stereocenters. The number of benzene rings is 2. The van der Waals surface area contributed by atoms with Crippen LogP contribution < -0.4 is 0 Å². The number of rotatable bonds is 1. The van der Waals surface area contributed by atoms with E-state index in [1.165, 1.54) is 11.1 Å². The second-order valence-corrected chi connectivity index (χ2v) is 3.34. The van der Waals surface area contributed by atoms with Gasteiger partial charge in [0.1, 0.15) is 5.75 Å². The van der Waals surface area contributed by atoms with E-state index >= 15 is 0 Å². The molecule has 2 aliphatic rings. The Bertz CT molecular complexity index is 448. The lowest BCUT2D eigenvalue weighted by Gasteiger charge is -2.10. The van der Waals surface area contributed by atoms with Gasteiger partial charge in [0.05, 0.1) is 0 Å². The molecule has 0 aliphatic heterocycles. The Hall–Kier alpha value is -2.02. The Balaban J connectivity index is 0.000000121. The molecule has 2 aliphatic carbocycles. The summed E-state index contributed by atoms with van der Waals surface area (Å²) < 4.78 is 0. The molecule has 0 saturated carbocycles. The van der Waals surface area contributed by atoms with E-state index in [-0.39, 0.29) is 5.75 Å². The first-order valence-electron chi connectivity index (χ1n) is 4.82. The smallest absolute Gasteiger partial charge is 0.122 e. The Morgan fingerprint density at radius 3 is 1.67 bits per heavy atom. The molecule has 1 heteroatoms. The van der Waals surface area contributed by atoms with Crippen LogP contribution in [0.25, 0.3) is 17.2 Å². The standard InChI is InChI=1S/C8H8O.C6H4/c1-2-7-5-3-4-6-8(7)9;1-2-6-4-3-5(1)6/h2-6,9H,1H2;1-4H. The molecule has 0 spiro atoms. The summed E-state index contributed by atoms with van der Waals surface area (Å²) in [6.45, 7) is 3.53. The Morgan fingerprint density at radius 2 is 1.40 bits per heavy atom. The van der Waals surface area contributed by atoms with Crippen LogP contribution in [0.1, 0.15) is 5.56 Å². The van der Waals surface area contributed by atoms with Gasteiger partial charge in [-0.25, -0.2) is 0 Å². The molecule has 0 bridgehead atoms. The second-order valence-electron chi connectivity index (χ2n) is 3.34. The van der Waals surface area contributed by atoms with E-state index in [9.17, 15) is 0 Å². The average molecular weight is 196 g/mol. The number of hydrogen-bond acceptors (Lipinski definition) is 1. The molecule has 1 N–H and O–H groups in total. The van der Waals surface area contributed by atoms with E-state index < -0.39 is 0 Å². The van der Waals surface area contributed by atoms with Crippen molar-refractivity contribution in [2.24, 2.45) is 0 Å². The lowest BCUT2D eigenvalue weighted by molar-refractivity contribution is 0.474. The van der Waals surface area contributed by atoms with Crippen LogP contribution in [-0.4, -0.2) is 5.11 Å². The first-order valence-corrected chi connectivity index (χ1v) is 4.82. The van der Waals surface area contributed by atoms with E-state index in [2.05, 4.69) is 30.8 Å². The predicted octanol–water partition coefficient (Wildman–Crippen LogP) is 3.70. The Kier molecular flexibility index (Phi) is 2.55. The highest BCUT2D eigenvalue weighted by Crippen LogP contribution is 2.29. The van der Waals surface area contributed by atoms with Crippen molar-refractivity contribution in [2.45, 2.75) is 0 Å². The molecule has 0 unspecified atom stereocenters. The summed E-state index contributed by atoms with van der Waals surface area (Å²) in [5, 5.41) is 9.04. The zero-order chi connectivity index (χ0) is 10.7. The van der Waals surface area contributed by atoms with Crippen molar-refractivity contribution in [3.8, 4) is 16.9 Å². The van der Waals surface area contributed by atoms with Gasteiger partial charge in [-0.15, -0.1) is 0 Å². The molecule has 0 radical (unpaired) electrons. The zero-order valence-electron chi connectivity index (χ0n) is 8.35. The van der Waals surface area contributed by atoms with Crippen molar-refractivity contribution in [2.75, 3.05) is 0 Å². The third kappa shape index (κ3) is 1.91. The van der Waals surface area contributed by atoms with E-state index in [0.29, 0.717) is 0 Å². The highest BCUT2D eigenvalue weighted by Gasteiger charge is 2.03. The van der Waals surface area contributed by atoms with Gasteiger partial charge in [-0.3, -0.25) is 0 Å². The molecule has 0 amide bonds. The molecular formula is C14H12O. The number of aromatic hydroxyl groups is 1. The summed E-state index contributed by atoms with van der Waals surface area (Å²) in [4.78, 5) is 0. The van der Waals surface area contributed by atoms with Crippen molar-refractivity contribution in [1.82, 2.24) is 0 Å².